The minimum absolute atomic E-state index is 0.152. The number of carbonyl (C=O) groups excluding carboxylic acids is 1. The van der Waals surface area contributed by atoms with E-state index in [0.29, 0.717) is 5.92 Å². The predicted molar refractivity (Wildman–Crippen MR) is 106 cm³/mol. The van der Waals surface area contributed by atoms with Gasteiger partial charge in [-0.25, -0.2) is 9.78 Å². The van der Waals surface area contributed by atoms with E-state index in [9.17, 15) is 4.79 Å². The first-order chi connectivity index (χ1) is 12.9. The van der Waals surface area contributed by atoms with Crippen molar-refractivity contribution in [1.29, 1.82) is 0 Å². The van der Waals surface area contributed by atoms with E-state index in [0.717, 1.165) is 45.4 Å². The first-order valence-electron chi connectivity index (χ1n) is 10.6. The standard InChI is InChI=1S/C21H36N4O2/c1-5-18-16-24(15-14-23-10-6-7-11-23)19(22-18)17-8-12-25(13-9-17)27-20(26)21(2,3)4/h16-17H,5-15H2,1-4H3. The second-order valence-electron chi connectivity index (χ2n) is 9.02. The number of rotatable bonds is 6. The smallest absolute Gasteiger partial charge is 0.330 e. The lowest BCUT2D eigenvalue weighted by atomic mass is 9.96. The minimum atomic E-state index is -0.460. The Bertz CT molecular complexity index is 621. The average molecular weight is 377 g/mol. The van der Waals surface area contributed by atoms with Gasteiger partial charge >= 0.3 is 5.97 Å². The van der Waals surface area contributed by atoms with Gasteiger partial charge in [0.05, 0.1) is 11.1 Å². The molecule has 6 nitrogen and oxygen atoms in total. The van der Waals surface area contributed by atoms with Gasteiger partial charge in [-0.1, -0.05) is 6.92 Å². The minimum Gasteiger partial charge on any atom is -0.367 e. The Morgan fingerprint density at radius 1 is 1.15 bits per heavy atom. The van der Waals surface area contributed by atoms with E-state index < -0.39 is 5.41 Å². The van der Waals surface area contributed by atoms with Crippen molar-refractivity contribution in [3.8, 4) is 0 Å². The Balaban J connectivity index is 1.58. The molecule has 2 aliphatic heterocycles. The molecule has 0 amide bonds. The number of aryl methyl sites for hydroxylation is 1. The molecule has 152 valence electrons. The summed E-state index contributed by atoms with van der Waals surface area (Å²) in [4.78, 5) is 25.2. The third-order valence-corrected chi connectivity index (χ3v) is 5.72. The highest BCUT2D eigenvalue weighted by molar-refractivity contribution is 5.75. The molecule has 0 bridgehead atoms. The van der Waals surface area contributed by atoms with Gasteiger partial charge in [0.1, 0.15) is 5.82 Å². The van der Waals surface area contributed by atoms with Gasteiger partial charge in [0, 0.05) is 38.3 Å². The summed E-state index contributed by atoms with van der Waals surface area (Å²) in [6.07, 6.45) is 7.87. The van der Waals surface area contributed by atoms with Crippen molar-refractivity contribution in [2.75, 3.05) is 32.7 Å². The van der Waals surface area contributed by atoms with Crippen LogP contribution in [0.15, 0.2) is 6.20 Å². The summed E-state index contributed by atoms with van der Waals surface area (Å²) in [5.41, 5.74) is 0.728. The summed E-state index contributed by atoms with van der Waals surface area (Å²) < 4.78 is 2.39. The highest BCUT2D eigenvalue weighted by atomic mass is 16.7. The summed E-state index contributed by atoms with van der Waals surface area (Å²) >= 11 is 0. The molecule has 27 heavy (non-hydrogen) atoms. The average Bonchev–Trinajstić information content (AvgIpc) is 3.29. The van der Waals surface area contributed by atoms with Gasteiger partial charge in [0.2, 0.25) is 0 Å². The topological polar surface area (TPSA) is 50.6 Å². The summed E-state index contributed by atoms with van der Waals surface area (Å²) in [6, 6.07) is 0. The van der Waals surface area contributed by atoms with Crippen LogP contribution in [-0.2, 0) is 22.6 Å². The van der Waals surface area contributed by atoms with Crippen LogP contribution in [0.2, 0.25) is 0 Å². The number of hydrogen-bond donors (Lipinski definition) is 0. The Kier molecular flexibility index (Phi) is 6.58. The van der Waals surface area contributed by atoms with E-state index in [1.807, 2.05) is 25.8 Å². The molecule has 0 atom stereocenters. The summed E-state index contributed by atoms with van der Waals surface area (Å²) in [5.74, 6) is 1.53. The van der Waals surface area contributed by atoms with E-state index in [2.05, 4.69) is 22.6 Å². The number of imidazole rings is 1. The summed E-state index contributed by atoms with van der Waals surface area (Å²) in [6.45, 7) is 14.1. The fraction of sp³-hybridized carbons (Fsp3) is 0.810. The van der Waals surface area contributed by atoms with E-state index in [1.165, 1.54) is 37.4 Å². The summed E-state index contributed by atoms with van der Waals surface area (Å²) in [5, 5.41) is 1.84. The fourth-order valence-electron chi connectivity index (χ4n) is 3.88. The maximum Gasteiger partial charge on any atom is 0.330 e. The number of aromatic nitrogens is 2. The molecule has 3 heterocycles. The van der Waals surface area contributed by atoms with Crippen LogP contribution in [0.5, 0.6) is 0 Å². The quantitative estimate of drug-likeness (QED) is 0.763. The molecule has 2 saturated heterocycles. The van der Waals surface area contributed by atoms with Crippen LogP contribution < -0.4 is 0 Å². The van der Waals surface area contributed by atoms with Crippen molar-refractivity contribution in [3.05, 3.63) is 17.7 Å². The fourth-order valence-corrected chi connectivity index (χ4v) is 3.88. The highest BCUT2D eigenvalue weighted by Gasteiger charge is 2.30. The SMILES string of the molecule is CCc1cn(CCN2CCCC2)c(C2CCN(OC(=O)C(C)(C)C)CC2)n1. The number of hydroxylamine groups is 2. The summed E-state index contributed by atoms with van der Waals surface area (Å²) in [7, 11) is 0. The molecule has 2 fully saturated rings. The largest absolute Gasteiger partial charge is 0.367 e. The number of carbonyl (C=O) groups is 1. The van der Waals surface area contributed by atoms with Crippen molar-refractivity contribution in [2.24, 2.45) is 5.41 Å². The molecular formula is C21H36N4O2. The van der Waals surface area contributed by atoms with Crippen molar-refractivity contribution >= 4 is 5.97 Å². The number of piperidine rings is 1. The van der Waals surface area contributed by atoms with Crippen molar-refractivity contribution in [2.45, 2.75) is 72.3 Å². The van der Waals surface area contributed by atoms with Gasteiger partial charge in [-0.3, -0.25) is 0 Å². The molecular weight excluding hydrogens is 340 g/mol. The third-order valence-electron chi connectivity index (χ3n) is 5.72. The zero-order valence-corrected chi connectivity index (χ0v) is 17.5. The Morgan fingerprint density at radius 3 is 2.41 bits per heavy atom. The van der Waals surface area contributed by atoms with Gasteiger partial charge in [-0.05, 0) is 66.0 Å². The lowest BCUT2D eigenvalue weighted by Crippen LogP contribution is -2.38. The van der Waals surface area contributed by atoms with Crippen molar-refractivity contribution < 1.29 is 9.63 Å². The number of likely N-dealkylation sites (tertiary alicyclic amines) is 1. The molecule has 0 saturated carbocycles. The molecule has 3 rings (SSSR count). The Labute approximate surface area is 163 Å². The van der Waals surface area contributed by atoms with Crippen LogP contribution in [0, 0.1) is 5.41 Å². The molecule has 0 N–H and O–H groups in total. The molecule has 0 unspecified atom stereocenters. The molecule has 1 aromatic heterocycles. The monoisotopic (exact) mass is 376 g/mol. The molecule has 1 aromatic rings. The van der Waals surface area contributed by atoms with Gasteiger partial charge in [0.25, 0.3) is 0 Å². The maximum atomic E-state index is 12.1. The zero-order chi connectivity index (χ0) is 19.4. The van der Waals surface area contributed by atoms with E-state index in [4.69, 9.17) is 9.82 Å². The Morgan fingerprint density at radius 2 is 1.81 bits per heavy atom. The number of nitrogens with zero attached hydrogens (tertiary/aromatic N) is 4. The third kappa shape index (κ3) is 5.32. The van der Waals surface area contributed by atoms with Crippen LogP contribution >= 0.6 is 0 Å². The van der Waals surface area contributed by atoms with E-state index in [-0.39, 0.29) is 5.97 Å². The normalized spacial score (nSPS) is 20.3. The molecule has 2 aliphatic rings. The molecule has 0 aromatic carbocycles. The Hall–Kier alpha value is -1.40. The van der Waals surface area contributed by atoms with E-state index >= 15 is 0 Å². The second-order valence-corrected chi connectivity index (χ2v) is 9.02. The van der Waals surface area contributed by atoms with Crippen LogP contribution in [0.1, 0.15) is 70.8 Å². The first-order valence-corrected chi connectivity index (χ1v) is 10.6. The lowest BCUT2D eigenvalue weighted by Gasteiger charge is -2.32. The highest BCUT2D eigenvalue weighted by Crippen LogP contribution is 2.29. The molecule has 0 spiro atoms. The van der Waals surface area contributed by atoms with Gasteiger partial charge in [-0.2, -0.15) is 0 Å². The molecule has 6 heteroatoms. The van der Waals surface area contributed by atoms with Crippen LogP contribution in [-0.4, -0.2) is 58.2 Å². The first kappa shape index (κ1) is 20.3. The van der Waals surface area contributed by atoms with Gasteiger partial charge in [-0.15, -0.1) is 5.06 Å². The van der Waals surface area contributed by atoms with Crippen molar-refractivity contribution in [1.82, 2.24) is 19.5 Å². The molecule has 0 aliphatic carbocycles. The van der Waals surface area contributed by atoms with Crippen molar-refractivity contribution in [3.63, 3.8) is 0 Å². The maximum absolute atomic E-state index is 12.1. The number of hydrogen-bond acceptors (Lipinski definition) is 5. The second kappa shape index (κ2) is 8.74. The zero-order valence-electron chi connectivity index (χ0n) is 17.5. The van der Waals surface area contributed by atoms with Gasteiger partial charge in [0.15, 0.2) is 0 Å². The van der Waals surface area contributed by atoms with Crippen LogP contribution in [0.25, 0.3) is 0 Å². The van der Waals surface area contributed by atoms with E-state index in [1.54, 1.807) is 0 Å². The lowest BCUT2D eigenvalue weighted by molar-refractivity contribution is -0.204. The van der Waals surface area contributed by atoms with Gasteiger partial charge < -0.3 is 14.3 Å². The predicted octanol–water partition coefficient (Wildman–Crippen LogP) is 3.23. The van der Waals surface area contributed by atoms with Crippen LogP contribution in [0.4, 0.5) is 0 Å². The molecule has 0 radical (unpaired) electrons. The van der Waals surface area contributed by atoms with Crippen LogP contribution in [0.3, 0.4) is 0 Å².